The van der Waals surface area contributed by atoms with E-state index in [1.165, 1.54) is 4.68 Å². The lowest BCUT2D eigenvalue weighted by Crippen LogP contribution is -2.16. The van der Waals surface area contributed by atoms with Crippen molar-refractivity contribution in [2.24, 2.45) is 0 Å². The molecule has 2 aromatic carbocycles. The van der Waals surface area contributed by atoms with Gasteiger partial charge in [-0.25, -0.2) is 0 Å². The first-order valence-corrected chi connectivity index (χ1v) is 8.59. The van der Waals surface area contributed by atoms with Crippen LogP contribution >= 0.6 is 11.6 Å². The van der Waals surface area contributed by atoms with Crippen LogP contribution in [0.1, 0.15) is 30.1 Å². The lowest BCUT2D eigenvalue weighted by Gasteiger charge is -2.06. The standard InChI is InChI=1S/C19H19ClN4O/c1-2-6-17(25)24-19(21-13-14-7-4-3-5-8-14)22-18(23-24)15-9-11-16(20)12-10-15/h3-5,7-12H,2,6,13H2,1H3,(H,21,22,23). The van der Waals surface area contributed by atoms with E-state index in [1.807, 2.05) is 49.4 Å². The average Bonchev–Trinajstić information content (AvgIpc) is 3.06. The summed E-state index contributed by atoms with van der Waals surface area (Å²) in [6.45, 7) is 2.53. The van der Waals surface area contributed by atoms with E-state index >= 15 is 0 Å². The van der Waals surface area contributed by atoms with E-state index in [0.717, 1.165) is 17.5 Å². The Morgan fingerprint density at radius 3 is 2.52 bits per heavy atom. The molecule has 0 saturated heterocycles. The number of benzene rings is 2. The maximum absolute atomic E-state index is 12.4. The Morgan fingerprint density at radius 1 is 1.12 bits per heavy atom. The Balaban J connectivity index is 1.88. The number of nitrogens with one attached hydrogen (secondary N) is 1. The summed E-state index contributed by atoms with van der Waals surface area (Å²) in [6.07, 6.45) is 1.18. The Hall–Kier alpha value is -2.66. The Morgan fingerprint density at radius 2 is 1.84 bits per heavy atom. The number of carbonyl (C=O) groups excluding carboxylic acids is 1. The third kappa shape index (κ3) is 4.25. The molecule has 0 atom stereocenters. The fourth-order valence-electron chi connectivity index (χ4n) is 2.42. The molecule has 0 bridgehead atoms. The van der Waals surface area contributed by atoms with Crippen LogP contribution in [0.15, 0.2) is 54.6 Å². The van der Waals surface area contributed by atoms with Crippen molar-refractivity contribution in [3.63, 3.8) is 0 Å². The lowest BCUT2D eigenvalue weighted by atomic mass is 10.2. The molecule has 3 aromatic rings. The lowest BCUT2D eigenvalue weighted by molar-refractivity contribution is 0.0888. The highest BCUT2D eigenvalue weighted by Crippen LogP contribution is 2.21. The zero-order valence-corrected chi connectivity index (χ0v) is 14.7. The maximum Gasteiger partial charge on any atom is 0.250 e. The molecule has 0 aliphatic heterocycles. The highest BCUT2D eigenvalue weighted by atomic mass is 35.5. The second-order valence-electron chi connectivity index (χ2n) is 5.66. The quantitative estimate of drug-likeness (QED) is 0.699. The van der Waals surface area contributed by atoms with Crippen molar-refractivity contribution in [1.82, 2.24) is 14.8 Å². The second-order valence-corrected chi connectivity index (χ2v) is 6.10. The summed E-state index contributed by atoms with van der Waals surface area (Å²) in [5, 5.41) is 8.25. The van der Waals surface area contributed by atoms with Crippen LogP contribution in [0.3, 0.4) is 0 Å². The van der Waals surface area contributed by atoms with Gasteiger partial charge in [-0.3, -0.25) is 4.79 Å². The molecule has 6 heteroatoms. The minimum atomic E-state index is -0.0780. The summed E-state index contributed by atoms with van der Waals surface area (Å²) in [4.78, 5) is 16.9. The highest BCUT2D eigenvalue weighted by molar-refractivity contribution is 6.30. The third-order valence-corrected chi connectivity index (χ3v) is 3.96. The molecule has 1 N–H and O–H groups in total. The van der Waals surface area contributed by atoms with Gasteiger partial charge in [0.2, 0.25) is 11.9 Å². The van der Waals surface area contributed by atoms with Gasteiger partial charge in [-0.05, 0) is 36.2 Å². The number of aromatic nitrogens is 3. The van der Waals surface area contributed by atoms with Gasteiger partial charge in [-0.15, -0.1) is 5.10 Å². The Labute approximate surface area is 151 Å². The molecule has 128 valence electrons. The van der Waals surface area contributed by atoms with Crippen LogP contribution in [0, 0.1) is 0 Å². The summed E-state index contributed by atoms with van der Waals surface area (Å²) in [6, 6.07) is 17.2. The number of halogens is 1. The Kier molecular flexibility index (Phi) is 5.46. The van der Waals surface area contributed by atoms with E-state index in [-0.39, 0.29) is 5.91 Å². The molecule has 0 spiro atoms. The monoisotopic (exact) mass is 354 g/mol. The summed E-state index contributed by atoms with van der Waals surface area (Å²) >= 11 is 5.93. The van der Waals surface area contributed by atoms with Gasteiger partial charge in [0.1, 0.15) is 0 Å². The summed E-state index contributed by atoms with van der Waals surface area (Å²) in [5.41, 5.74) is 1.92. The summed E-state index contributed by atoms with van der Waals surface area (Å²) < 4.78 is 1.36. The molecule has 0 amide bonds. The topological polar surface area (TPSA) is 59.8 Å². The molecule has 0 aliphatic carbocycles. The first kappa shape index (κ1) is 17.2. The normalized spacial score (nSPS) is 10.6. The van der Waals surface area contributed by atoms with E-state index in [9.17, 15) is 4.79 Å². The van der Waals surface area contributed by atoms with Gasteiger partial charge in [0.05, 0.1) is 0 Å². The predicted molar refractivity (Wildman–Crippen MR) is 99.8 cm³/mol. The van der Waals surface area contributed by atoms with E-state index in [4.69, 9.17) is 11.6 Å². The fraction of sp³-hybridized carbons (Fsp3) is 0.211. The molecule has 0 fully saturated rings. The first-order chi connectivity index (χ1) is 12.2. The average molecular weight is 355 g/mol. The van der Waals surface area contributed by atoms with Gasteiger partial charge in [0.25, 0.3) is 0 Å². The van der Waals surface area contributed by atoms with Gasteiger partial charge in [-0.1, -0.05) is 48.9 Å². The fourth-order valence-corrected chi connectivity index (χ4v) is 2.54. The second kappa shape index (κ2) is 7.94. The van der Waals surface area contributed by atoms with Crippen molar-refractivity contribution in [2.75, 3.05) is 5.32 Å². The van der Waals surface area contributed by atoms with E-state index in [2.05, 4.69) is 15.4 Å². The Bertz CT molecular complexity index is 844. The van der Waals surface area contributed by atoms with Crippen LogP contribution < -0.4 is 5.32 Å². The molecular weight excluding hydrogens is 336 g/mol. The van der Waals surface area contributed by atoms with E-state index in [1.54, 1.807) is 12.1 Å². The summed E-state index contributed by atoms with van der Waals surface area (Å²) in [7, 11) is 0. The van der Waals surface area contributed by atoms with Crippen LogP contribution in [0.4, 0.5) is 5.95 Å². The zero-order chi connectivity index (χ0) is 17.6. The van der Waals surface area contributed by atoms with E-state index in [0.29, 0.717) is 29.8 Å². The smallest absolute Gasteiger partial charge is 0.250 e. The zero-order valence-electron chi connectivity index (χ0n) is 13.9. The molecule has 1 aromatic heterocycles. The molecule has 0 aliphatic rings. The van der Waals surface area contributed by atoms with Gasteiger partial charge in [0, 0.05) is 23.6 Å². The van der Waals surface area contributed by atoms with Crippen LogP contribution in [-0.4, -0.2) is 20.7 Å². The number of carbonyl (C=O) groups is 1. The molecule has 0 radical (unpaired) electrons. The largest absolute Gasteiger partial charge is 0.350 e. The molecule has 5 nitrogen and oxygen atoms in total. The van der Waals surface area contributed by atoms with Gasteiger partial charge < -0.3 is 5.32 Å². The van der Waals surface area contributed by atoms with Crippen molar-refractivity contribution >= 4 is 23.5 Å². The van der Waals surface area contributed by atoms with Crippen molar-refractivity contribution < 1.29 is 4.79 Å². The van der Waals surface area contributed by atoms with Crippen molar-refractivity contribution in [1.29, 1.82) is 0 Å². The van der Waals surface area contributed by atoms with Gasteiger partial charge in [-0.2, -0.15) is 9.67 Å². The molecule has 25 heavy (non-hydrogen) atoms. The molecular formula is C19H19ClN4O. The first-order valence-electron chi connectivity index (χ1n) is 8.21. The minimum absolute atomic E-state index is 0.0780. The molecule has 0 saturated carbocycles. The number of anilines is 1. The maximum atomic E-state index is 12.4. The molecule has 3 rings (SSSR count). The number of hydrogen-bond acceptors (Lipinski definition) is 4. The van der Waals surface area contributed by atoms with Crippen LogP contribution in [0.25, 0.3) is 11.4 Å². The highest BCUT2D eigenvalue weighted by Gasteiger charge is 2.16. The number of hydrogen-bond donors (Lipinski definition) is 1. The van der Waals surface area contributed by atoms with Gasteiger partial charge in [0.15, 0.2) is 5.82 Å². The third-order valence-electron chi connectivity index (χ3n) is 3.70. The van der Waals surface area contributed by atoms with Gasteiger partial charge >= 0.3 is 0 Å². The molecule has 1 heterocycles. The van der Waals surface area contributed by atoms with Crippen LogP contribution in [-0.2, 0) is 6.54 Å². The van der Waals surface area contributed by atoms with Crippen LogP contribution in [0.5, 0.6) is 0 Å². The van der Waals surface area contributed by atoms with E-state index < -0.39 is 0 Å². The van der Waals surface area contributed by atoms with Crippen LogP contribution in [0.2, 0.25) is 5.02 Å². The summed E-state index contributed by atoms with van der Waals surface area (Å²) in [5.74, 6) is 0.870. The predicted octanol–water partition coefficient (Wildman–Crippen LogP) is 4.65. The molecule has 0 unspecified atom stereocenters. The SMILES string of the molecule is CCCC(=O)n1nc(-c2ccc(Cl)cc2)nc1NCc1ccccc1. The van der Waals surface area contributed by atoms with Crippen molar-refractivity contribution in [3.8, 4) is 11.4 Å². The number of nitrogens with zero attached hydrogens (tertiary/aromatic N) is 3. The van der Waals surface area contributed by atoms with Crippen molar-refractivity contribution in [3.05, 3.63) is 65.2 Å². The van der Waals surface area contributed by atoms with Crippen molar-refractivity contribution in [2.45, 2.75) is 26.3 Å². The number of rotatable bonds is 6. The minimum Gasteiger partial charge on any atom is -0.350 e.